The van der Waals surface area contributed by atoms with E-state index in [0.717, 1.165) is 17.5 Å². The molecule has 5 heteroatoms. The first-order valence-corrected chi connectivity index (χ1v) is 7.13. The van der Waals surface area contributed by atoms with Crippen molar-refractivity contribution in [1.82, 2.24) is 4.90 Å². The summed E-state index contributed by atoms with van der Waals surface area (Å²) in [5, 5.41) is 0. The van der Waals surface area contributed by atoms with Gasteiger partial charge in [0.25, 0.3) is 0 Å². The molecule has 1 aromatic rings. The van der Waals surface area contributed by atoms with Crippen LogP contribution in [-0.4, -0.2) is 35.6 Å². The lowest BCUT2D eigenvalue weighted by Gasteiger charge is -2.20. The first kappa shape index (κ1) is 14.9. The Kier molecular flexibility index (Phi) is 4.73. The lowest BCUT2D eigenvalue weighted by Crippen LogP contribution is -2.32. The molecule has 0 saturated carbocycles. The van der Waals surface area contributed by atoms with Gasteiger partial charge in [0, 0.05) is 19.2 Å². The monoisotopic (exact) mass is 292 g/mol. The average molecular weight is 292 g/mol. The highest BCUT2D eigenvalue weighted by atomic mass is 32.1. The van der Waals surface area contributed by atoms with Crippen LogP contribution < -0.4 is 5.73 Å². The Hall–Kier alpha value is -1.46. The van der Waals surface area contributed by atoms with E-state index in [1.807, 2.05) is 38.2 Å². The standard InChI is InChI=1S/C15H20N2O2S/c1-10-6-13(9-19-10)15(18)17(2)8-11-4-3-5-12(7-11)14(16)20/h3-5,7,10,13H,6,8-9H2,1-2H3,(H2,16,20). The average Bonchev–Trinajstić information content (AvgIpc) is 2.84. The minimum absolute atomic E-state index is 0.0197. The summed E-state index contributed by atoms with van der Waals surface area (Å²) in [6, 6.07) is 7.68. The van der Waals surface area contributed by atoms with Gasteiger partial charge >= 0.3 is 0 Å². The molecule has 1 amide bonds. The molecule has 1 fully saturated rings. The summed E-state index contributed by atoms with van der Waals surface area (Å²) in [7, 11) is 1.82. The van der Waals surface area contributed by atoms with Gasteiger partial charge in [0.2, 0.25) is 5.91 Å². The van der Waals surface area contributed by atoms with Crippen LogP contribution in [0, 0.1) is 5.92 Å². The van der Waals surface area contributed by atoms with Crippen LogP contribution in [-0.2, 0) is 16.1 Å². The summed E-state index contributed by atoms with van der Waals surface area (Å²) in [5.41, 5.74) is 7.48. The zero-order valence-electron chi connectivity index (χ0n) is 11.8. The first-order chi connectivity index (χ1) is 9.47. The molecule has 1 aromatic carbocycles. The second-order valence-corrected chi connectivity index (χ2v) is 5.78. The third kappa shape index (κ3) is 3.55. The normalized spacial score (nSPS) is 21.7. The predicted molar refractivity (Wildman–Crippen MR) is 82.3 cm³/mol. The zero-order chi connectivity index (χ0) is 14.7. The van der Waals surface area contributed by atoms with Gasteiger partial charge < -0.3 is 15.4 Å². The Morgan fingerprint density at radius 1 is 1.55 bits per heavy atom. The van der Waals surface area contributed by atoms with Crippen molar-refractivity contribution in [2.75, 3.05) is 13.7 Å². The number of hydrogen-bond acceptors (Lipinski definition) is 3. The smallest absolute Gasteiger partial charge is 0.228 e. The molecule has 0 bridgehead atoms. The van der Waals surface area contributed by atoms with Gasteiger partial charge in [0.15, 0.2) is 0 Å². The number of rotatable bonds is 4. The van der Waals surface area contributed by atoms with Crippen LogP contribution in [0.25, 0.3) is 0 Å². The van der Waals surface area contributed by atoms with Crippen molar-refractivity contribution in [2.45, 2.75) is 26.0 Å². The van der Waals surface area contributed by atoms with E-state index in [1.165, 1.54) is 0 Å². The molecule has 4 nitrogen and oxygen atoms in total. The van der Waals surface area contributed by atoms with E-state index >= 15 is 0 Å². The molecule has 1 aliphatic rings. The van der Waals surface area contributed by atoms with Gasteiger partial charge in [0.1, 0.15) is 4.99 Å². The van der Waals surface area contributed by atoms with Gasteiger partial charge in [-0.15, -0.1) is 0 Å². The highest BCUT2D eigenvalue weighted by Crippen LogP contribution is 2.21. The van der Waals surface area contributed by atoms with E-state index in [-0.39, 0.29) is 17.9 Å². The molecule has 1 saturated heterocycles. The molecule has 2 atom stereocenters. The highest BCUT2D eigenvalue weighted by molar-refractivity contribution is 7.80. The second-order valence-electron chi connectivity index (χ2n) is 5.34. The summed E-state index contributed by atoms with van der Waals surface area (Å²) in [4.78, 5) is 14.4. The maximum atomic E-state index is 12.3. The van der Waals surface area contributed by atoms with Crippen molar-refractivity contribution in [3.05, 3.63) is 35.4 Å². The molecule has 1 aliphatic heterocycles. The lowest BCUT2D eigenvalue weighted by atomic mass is 10.0. The van der Waals surface area contributed by atoms with Crippen LogP contribution >= 0.6 is 12.2 Å². The van der Waals surface area contributed by atoms with Crippen molar-refractivity contribution in [3.8, 4) is 0 Å². The number of benzene rings is 1. The molecule has 108 valence electrons. The van der Waals surface area contributed by atoms with Crippen molar-refractivity contribution >= 4 is 23.1 Å². The molecule has 0 aromatic heterocycles. The molecular formula is C15H20N2O2S. The van der Waals surface area contributed by atoms with E-state index in [4.69, 9.17) is 22.7 Å². The third-order valence-corrected chi connectivity index (χ3v) is 3.79. The highest BCUT2D eigenvalue weighted by Gasteiger charge is 2.30. The minimum atomic E-state index is -0.0197. The third-order valence-electron chi connectivity index (χ3n) is 3.56. The van der Waals surface area contributed by atoms with Crippen LogP contribution in [0.5, 0.6) is 0 Å². The van der Waals surface area contributed by atoms with Crippen molar-refractivity contribution < 1.29 is 9.53 Å². The minimum Gasteiger partial charge on any atom is -0.389 e. The maximum Gasteiger partial charge on any atom is 0.228 e. The number of hydrogen-bond donors (Lipinski definition) is 1. The molecule has 1 heterocycles. The number of carbonyl (C=O) groups is 1. The quantitative estimate of drug-likeness (QED) is 0.858. The van der Waals surface area contributed by atoms with Gasteiger partial charge in [-0.25, -0.2) is 0 Å². The Morgan fingerprint density at radius 2 is 2.30 bits per heavy atom. The number of amides is 1. The van der Waals surface area contributed by atoms with Crippen molar-refractivity contribution in [2.24, 2.45) is 11.7 Å². The molecule has 0 radical (unpaired) electrons. The largest absolute Gasteiger partial charge is 0.389 e. The molecule has 20 heavy (non-hydrogen) atoms. The molecule has 2 unspecified atom stereocenters. The van der Waals surface area contributed by atoms with Crippen molar-refractivity contribution in [1.29, 1.82) is 0 Å². The van der Waals surface area contributed by atoms with Crippen LogP contribution in [0.3, 0.4) is 0 Å². The van der Waals surface area contributed by atoms with E-state index in [1.54, 1.807) is 4.90 Å². The fourth-order valence-electron chi connectivity index (χ4n) is 2.48. The Labute approximate surface area is 124 Å². The number of thiocarbonyl (C=S) groups is 1. The molecule has 2 N–H and O–H groups in total. The summed E-state index contributed by atoms with van der Waals surface area (Å²) in [6.45, 7) is 3.08. The van der Waals surface area contributed by atoms with Crippen LogP contribution in [0.4, 0.5) is 0 Å². The lowest BCUT2D eigenvalue weighted by molar-refractivity contribution is -0.134. The van der Waals surface area contributed by atoms with Crippen LogP contribution in [0.1, 0.15) is 24.5 Å². The fourth-order valence-corrected chi connectivity index (χ4v) is 2.60. The van der Waals surface area contributed by atoms with E-state index in [0.29, 0.717) is 18.1 Å². The van der Waals surface area contributed by atoms with Gasteiger partial charge in [0.05, 0.1) is 18.6 Å². The summed E-state index contributed by atoms with van der Waals surface area (Å²) < 4.78 is 5.46. The first-order valence-electron chi connectivity index (χ1n) is 6.72. The van der Waals surface area contributed by atoms with E-state index in [9.17, 15) is 4.79 Å². The fraction of sp³-hybridized carbons (Fsp3) is 0.467. The van der Waals surface area contributed by atoms with Gasteiger partial charge in [-0.3, -0.25) is 4.79 Å². The topological polar surface area (TPSA) is 55.6 Å². The Balaban J connectivity index is 2.00. The predicted octanol–water partition coefficient (Wildman–Crippen LogP) is 1.70. The zero-order valence-corrected chi connectivity index (χ0v) is 12.7. The maximum absolute atomic E-state index is 12.3. The summed E-state index contributed by atoms with van der Waals surface area (Å²) >= 11 is 4.97. The van der Waals surface area contributed by atoms with Crippen LogP contribution in [0.15, 0.2) is 24.3 Å². The molecular weight excluding hydrogens is 272 g/mol. The number of carbonyl (C=O) groups excluding carboxylic acids is 1. The van der Waals surface area contributed by atoms with Gasteiger partial charge in [-0.05, 0) is 25.0 Å². The number of nitrogens with two attached hydrogens (primary N) is 1. The SMILES string of the molecule is CC1CC(C(=O)N(C)Cc2cccc(C(N)=S)c2)CO1. The molecule has 0 spiro atoms. The summed E-state index contributed by atoms with van der Waals surface area (Å²) in [5.74, 6) is 0.115. The molecule has 2 rings (SSSR count). The summed E-state index contributed by atoms with van der Waals surface area (Å²) in [6.07, 6.45) is 0.978. The Bertz CT molecular complexity index is 518. The number of ether oxygens (including phenoxy) is 1. The van der Waals surface area contributed by atoms with Crippen LogP contribution in [0.2, 0.25) is 0 Å². The second kappa shape index (κ2) is 6.33. The molecule has 0 aliphatic carbocycles. The Morgan fingerprint density at radius 3 is 2.90 bits per heavy atom. The van der Waals surface area contributed by atoms with Crippen molar-refractivity contribution in [3.63, 3.8) is 0 Å². The van der Waals surface area contributed by atoms with E-state index < -0.39 is 0 Å². The van der Waals surface area contributed by atoms with Gasteiger partial charge in [-0.1, -0.05) is 30.4 Å². The number of nitrogens with zero attached hydrogens (tertiary/aromatic N) is 1. The van der Waals surface area contributed by atoms with E-state index in [2.05, 4.69) is 0 Å². The van der Waals surface area contributed by atoms with Gasteiger partial charge in [-0.2, -0.15) is 0 Å².